The summed E-state index contributed by atoms with van der Waals surface area (Å²) in [5.74, 6) is 0.918. The van der Waals surface area contributed by atoms with Crippen LogP contribution in [0.25, 0.3) is 21.5 Å². The first-order valence-electron chi connectivity index (χ1n) is 6.72. The molecular formula is C15H13NO4S2. The molecule has 0 fully saturated rings. The molecule has 0 aliphatic carbocycles. The zero-order chi connectivity index (χ0) is 15.7. The maximum atomic E-state index is 12.1. The molecule has 0 unspecified atom stereocenters. The molecule has 0 spiro atoms. The number of aromatic nitrogens is 1. The number of benzene rings is 1. The topological polar surface area (TPSA) is 77.2 Å². The monoisotopic (exact) mass is 335 g/mol. The number of carbonyl (C=O) groups excluding carboxylic acids is 1. The highest BCUT2D eigenvalue weighted by Crippen LogP contribution is 2.31. The lowest BCUT2D eigenvalue weighted by Crippen LogP contribution is -2.04. The summed E-state index contributed by atoms with van der Waals surface area (Å²) >= 11 is 1.16. The van der Waals surface area contributed by atoms with Gasteiger partial charge in [-0.25, -0.2) is 13.4 Å². The number of sulfone groups is 1. The quantitative estimate of drug-likeness (QED) is 0.666. The molecule has 114 valence electrons. The summed E-state index contributed by atoms with van der Waals surface area (Å²) in [5.41, 5.74) is 1.43. The fourth-order valence-corrected chi connectivity index (χ4v) is 4.83. The molecule has 0 amide bonds. The molecule has 0 aliphatic rings. The zero-order valence-electron chi connectivity index (χ0n) is 11.8. The summed E-state index contributed by atoms with van der Waals surface area (Å²) < 4.78 is 30.5. The van der Waals surface area contributed by atoms with Gasteiger partial charge in [0.15, 0.2) is 12.0 Å². The SMILES string of the molecule is CCCS(=O)(=O)c1nc2ccc(-c3ccc(C=O)o3)cc2s1. The Balaban J connectivity index is 2.05. The van der Waals surface area contributed by atoms with Crippen LogP contribution in [0.3, 0.4) is 0 Å². The van der Waals surface area contributed by atoms with Crippen LogP contribution in [0.2, 0.25) is 0 Å². The van der Waals surface area contributed by atoms with Gasteiger partial charge >= 0.3 is 0 Å². The maximum Gasteiger partial charge on any atom is 0.210 e. The van der Waals surface area contributed by atoms with Crippen molar-refractivity contribution in [2.24, 2.45) is 0 Å². The van der Waals surface area contributed by atoms with E-state index in [2.05, 4.69) is 4.98 Å². The van der Waals surface area contributed by atoms with E-state index in [1.165, 1.54) is 0 Å². The first kappa shape index (κ1) is 14.9. The fourth-order valence-electron chi connectivity index (χ4n) is 2.12. The average Bonchev–Trinajstić information content (AvgIpc) is 3.13. The van der Waals surface area contributed by atoms with E-state index in [4.69, 9.17) is 4.42 Å². The number of thiazole rings is 1. The molecule has 0 radical (unpaired) electrons. The molecule has 0 N–H and O–H groups in total. The van der Waals surface area contributed by atoms with Gasteiger partial charge in [-0.05, 0) is 36.8 Å². The number of nitrogens with zero attached hydrogens (tertiary/aromatic N) is 1. The van der Waals surface area contributed by atoms with Crippen LogP contribution in [0.1, 0.15) is 23.9 Å². The first-order chi connectivity index (χ1) is 10.5. The van der Waals surface area contributed by atoms with Gasteiger partial charge in [-0.2, -0.15) is 0 Å². The molecule has 22 heavy (non-hydrogen) atoms. The molecule has 1 aromatic carbocycles. The van der Waals surface area contributed by atoms with Crippen molar-refractivity contribution in [3.8, 4) is 11.3 Å². The van der Waals surface area contributed by atoms with Crippen molar-refractivity contribution < 1.29 is 17.6 Å². The van der Waals surface area contributed by atoms with Gasteiger partial charge in [0.25, 0.3) is 0 Å². The lowest BCUT2D eigenvalue weighted by atomic mass is 10.2. The molecule has 0 saturated heterocycles. The summed E-state index contributed by atoms with van der Waals surface area (Å²) in [6.45, 7) is 1.82. The van der Waals surface area contributed by atoms with E-state index in [0.29, 0.717) is 24.0 Å². The van der Waals surface area contributed by atoms with Gasteiger partial charge in [-0.15, -0.1) is 11.3 Å². The summed E-state index contributed by atoms with van der Waals surface area (Å²) in [7, 11) is -3.31. The van der Waals surface area contributed by atoms with E-state index >= 15 is 0 Å². The van der Waals surface area contributed by atoms with Crippen LogP contribution >= 0.6 is 11.3 Å². The number of fused-ring (bicyclic) bond motifs is 1. The number of hydrogen-bond donors (Lipinski definition) is 0. The molecule has 2 aromatic heterocycles. The predicted molar refractivity (Wildman–Crippen MR) is 85.1 cm³/mol. The third-order valence-electron chi connectivity index (χ3n) is 3.14. The van der Waals surface area contributed by atoms with Crippen molar-refractivity contribution in [3.05, 3.63) is 36.1 Å². The molecule has 7 heteroatoms. The Morgan fingerprint density at radius 1 is 1.27 bits per heavy atom. The predicted octanol–water partition coefficient (Wildman–Crippen LogP) is 3.55. The van der Waals surface area contributed by atoms with E-state index < -0.39 is 9.84 Å². The van der Waals surface area contributed by atoms with Crippen molar-refractivity contribution in [2.75, 3.05) is 5.75 Å². The van der Waals surface area contributed by atoms with Gasteiger partial charge < -0.3 is 4.42 Å². The Morgan fingerprint density at radius 2 is 2.09 bits per heavy atom. The molecule has 0 aliphatic heterocycles. The maximum absolute atomic E-state index is 12.1. The summed E-state index contributed by atoms with van der Waals surface area (Å²) in [4.78, 5) is 14.9. The Labute approximate surface area is 131 Å². The van der Waals surface area contributed by atoms with Crippen molar-refractivity contribution in [1.82, 2.24) is 4.98 Å². The van der Waals surface area contributed by atoms with Crippen molar-refractivity contribution in [2.45, 2.75) is 17.7 Å². The minimum Gasteiger partial charge on any atom is -0.453 e. The van der Waals surface area contributed by atoms with Crippen LogP contribution in [0.15, 0.2) is 39.1 Å². The van der Waals surface area contributed by atoms with Crippen LogP contribution in [-0.2, 0) is 9.84 Å². The summed E-state index contributed by atoms with van der Waals surface area (Å²) in [6, 6.07) is 8.68. The van der Waals surface area contributed by atoms with Gasteiger partial charge in [0.05, 0.1) is 16.0 Å². The number of carbonyl (C=O) groups is 1. The van der Waals surface area contributed by atoms with Gasteiger partial charge in [0, 0.05) is 5.56 Å². The van der Waals surface area contributed by atoms with Gasteiger partial charge in [0.1, 0.15) is 5.76 Å². The molecule has 5 nitrogen and oxygen atoms in total. The van der Waals surface area contributed by atoms with Crippen molar-refractivity contribution >= 4 is 37.7 Å². The van der Waals surface area contributed by atoms with Gasteiger partial charge in [0.2, 0.25) is 14.2 Å². The lowest BCUT2D eigenvalue weighted by Gasteiger charge is -1.95. The first-order valence-corrected chi connectivity index (χ1v) is 9.19. The second-order valence-corrected chi connectivity index (χ2v) is 8.11. The van der Waals surface area contributed by atoms with Gasteiger partial charge in [-0.3, -0.25) is 4.79 Å². The Morgan fingerprint density at radius 3 is 2.77 bits per heavy atom. The van der Waals surface area contributed by atoms with E-state index in [-0.39, 0.29) is 15.9 Å². The smallest absolute Gasteiger partial charge is 0.210 e. The van der Waals surface area contributed by atoms with Crippen molar-refractivity contribution in [3.63, 3.8) is 0 Å². The standard InChI is InChI=1S/C15H13NO4S2/c1-2-7-22(18,19)15-16-12-5-3-10(8-14(12)21-15)13-6-4-11(9-17)20-13/h3-6,8-9H,2,7H2,1H3. The normalized spacial score (nSPS) is 11.9. The number of furan rings is 1. The fraction of sp³-hybridized carbons (Fsp3) is 0.200. The molecule has 3 rings (SSSR count). The van der Waals surface area contributed by atoms with Crippen LogP contribution in [0.4, 0.5) is 0 Å². The van der Waals surface area contributed by atoms with E-state index in [9.17, 15) is 13.2 Å². The highest BCUT2D eigenvalue weighted by atomic mass is 32.2. The summed E-state index contributed by atoms with van der Waals surface area (Å²) in [5, 5.41) is 0. The molecule has 0 bridgehead atoms. The van der Waals surface area contributed by atoms with Crippen LogP contribution in [0, 0.1) is 0 Å². The Bertz CT molecular complexity index is 938. The minimum absolute atomic E-state index is 0.0978. The third kappa shape index (κ3) is 2.69. The van der Waals surface area contributed by atoms with E-state index in [1.807, 2.05) is 13.0 Å². The number of aldehydes is 1. The Kier molecular flexibility index (Phi) is 3.84. The molecule has 0 atom stereocenters. The number of hydrogen-bond acceptors (Lipinski definition) is 6. The van der Waals surface area contributed by atoms with Crippen LogP contribution in [-0.4, -0.2) is 25.4 Å². The molecular weight excluding hydrogens is 322 g/mol. The average molecular weight is 335 g/mol. The lowest BCUT2D eigenvalue weighted by molar-refractivity contribution is 0.110. The Hall–Kier alpha value is -1.99. The molecule has 2 heterocycles. The van der Waals surface area contributed by atoms with Crippen LogP contribution < -0.4 is 0 Å². The van der Waals surface area contributed by atoms with Gasteiger partial charge in [-0.1, -0.05) is 6.92 Å². The zero-order valence-corrected chi connectivity index (χ0v) is 13.4. The second kappa shape index (κ2) is 5.66. The third-order valence-corrected chi connectivity index (χ3v) is 6.53. The number of rotatable bonds is 5. The second-order valence-electron chi connectivity index (χ2n) is 4.80. The highest BCUT2D eigenvalue weighted by molar-refractivity contribution is 7.93. The summed E-state index contributed by atoms with van der Waals surface area (Å²) in [6.07, 6.45) is 1.20. The molecule has 3 aromatic rings. The van der Waals surface area contributed by atoms with Crippen LogP contribution in [0.5, 0.6) is 0 Å². The highest BCUT2D eigenvalue weighted by Gasteiger charge is 2.19. The van der Waals surface area contributed by atoms with Crippen molar-refractivity contribution in [1.29, 1.82) is 0 Å². The largest absolute Gasteiger partial charge is 0.453 e. The van der Waals surface area contributed by atoms with E-state index in [0.717, 1.165) is 21.6 Å². The molecule has 0 saturated carbocycles. The van der Waals surface area contributed by atoms with E-state index in [1.54, 1.807) is 24.3 Å². The minimum atomic E-state index is -3.31.